The van der Waals surface area contributed by atoms with Gasteiger partial charge in [-0.1, -0.05) is 23.7 Å². The average molecular weight is 276 g/mol. The van der Waals surface area contributed by atoms with Crippen molar-refractivity contribution in [3.05, 3.63) is 28.8 Å². The van der Waals surface area contributed by atoms with Crippen molar-refractivity contribution < 1.29 is 9.13 Å². The van der Waals surface area contributed by atoms with Crippen molar-refractivity contribution in [2.24, 2.45) is 0 Å². The molecule has 2 nitrogen and oxygen atoms in total. The fourth-order valence-electron chi connectivity index (χ4n) is 2.62. The number of para-hydroxylation sites is 1. The van der Waals surface area contributed by atoms with Crippen LogP contribution in [-0.4, -0.2) is 23.1 Å². The van der Waals surface area contributed by atoms with Crippen LogP contribution in [0.4, 0.5) is 4.39 Å². The molecule has 1 aromatic rings. The maximum absolute atomic E-state index is 14.2. The molecule has 0 aliphatic carbocycles. The minimum absolute atomic E-state index is 0.351. The van der Waals surface area contributed by atoms with Gasteiger partial charge in [0.1, 0.15) is 17.5 Å². The van der Waals surface area contributed by atoms with E-state index in [1.807, 2.05) is 0 Å². The topological polar surface area (TPSA) is 12.5 Å². The Labute approximate surface area is 109 Å². The van der Waals surface area contributed by atoms with Crippen molar-refractivity contribution in [1.29, 1.82) is 0 Å². The molecule has 1 fully saturated rings. The minimum Gasteiger partial charge on any atom is -0.484 e. The molecule has 2 aliphatic heterocycles. The van der Waals surface area contributed by atoms with E-state index in [9.17, 15) is 4.39 Å². The number of benzene rings is 1. The zero-order valence-corrected chi connectivity index (χ0v) is 10.6. The van der Waals surface area contributed by atoms with Crippen molar-refractivity contribution >= 4 is 23.4 Å². The highest BCUT2D eigenvalue weighted by Crippen LogP contribution is 2.48. The molecular formula is C12H12Cl2FNO. The predicted molar refractivity (Wildman–Crippen MR) is 65.3 cm³/mol. The lowest BCUT2D eigenvalue weighted by molar-refractivity contribution is 0.0253. The first kappa shape index (κ1) is 11.6. The molecule has 0 aromatic heterocycles. The first-order chi connectivity index (χ1) is 8.10. The molecule has 0 N–H and O–H groups in total. The number of fused-ring (bicyclic) bond motifs is 1. The molecule has 2 atom stereocenters. The summed E-state index contributed by atoms with van der Waals surface area (Å²) in [4.78, 5) is 0. The van der Waals surface area contributed by atoms with E-state index >= 15 is 0 Å². The van der Waals surface area contributed by atoms with Gasteiger partial charge >= 0.3 is 0 Å². The lowest BCUT2D eigenvalue weighted by Gasteiger charge is -2.37. The van der Waals surface area contributed by atoms with Gasteiger partial charge in [-0.15, -0.1) is 0 Å². The summed E-state index contributed by atoms with van der Waals surface area (Å²) in [5.74, 6) is 0.486. The van der Waals surface area contributed by atoms with E-state index in [-0.39, 0.29) is 0 Å². The summed E-state index contributed by atoms with van der Waals surface area (Å²) in [5, 5.41) is 0.470. The quantitative estimate of drug-likeness (QED) is 0.669. The Morgan fingerprint density at radius 3 is 3.00 bits per heavy atom. The van der Waals surface area contributed by atoms with Crippen LogP contribution in [0, 0.1) is 0 Å². The Kier molecular flexibility index (Phi) is 2.73. The van der Waals surface area contributed by atoms with Gasteiger partial charge in [0.25, 0.3) is 0 Å². The van der Waals surface area contributed by atoms with E-state index in [1.165, 1.54) is 0 Å². The molecule has 1 spiro atoms. The first-order valence-corrected chi connectivity index (χ1v) is 6.33. The molecular weight excluding hydrogens is 264 g/mol. The molecule has 2 unspecified atom stereocenters. The number of ether oxygens (including phenoxy) is 1. The van der Waals surface area contributed by atoms with Crippen LogP contribution >= 0.6 is 23.4 Å². The second-order valence-corrected chi connectivity index (χ2v) is 5.59. The number of alkyl halides is 1. The van der Waals surface area contributed by atoms with Crippen molar-refractivity contribution in [2.75, 3.05) is 13.1 Å². The Bertz CT molecular complexity index is 456. The molecule has 2 heterocycles. The summed E-state index contributed by atoms with van der Waals surface area (Å²) in [6, 6.07) is 5.20. The third-order valence-corrected chi connectivity index (χ3v) is 4.06. The lowest BCUT2D eigenvalue weighted by atomic mass is 9.89. The molecule has 17 heavy (non-hydrogen) atoms. The Morgan fingerprint density at radius 1 is 1.47 bits per heavy atom. The van der Waals surface area contributed by atoms with Crippen LogP contribution in [0.15, 0.2) is 18.2 Å². The number of hydrogen-bond acceptors (Lipinski definition) is 2. The van der Waals surface area contributed by atoms with Crippen LogP contribution < -0.4 is 4.74 Å². The van der Waals surface area contributed by atoms with Crippen LogP contribution in [0.2, 0.25) is 5.02 Å². The highest BCUT2D eigenvalue weighted by molar-refractivity contribution is 6.32. The van der Waals surface area contributed by atoms with Gasteiger partial charge in [0.2, 0.25) is 0 Å². The van der Waals surface area contributed by atoms with E-state index in [4.69, 9.17) is 28.1 Å². The summed E-state index contributed by atoms with van der Waals surface area (Å²) in [7, 11) is 0. The molecule has 2 aliphatic rings. The van der Waals surface area contributed by atoms with Crippen molar-refractivity contribution in [3.8, 4) is 5.75 Å². The average Bonchev–Trinajstić information content (AvgIpc) is 2.62. The number of hydrogen-bond donors (Lipinski definition) is 0. The highest BCUT2D eigenvalue weighted by Gasteiger charge is 2.46. The van der Waals surface area contributed by atoms with Crippen LogP contribution in [0.25, 0.3) is 0 Å². The molecule has 0 saturated carbocycles. The second kappa shape index (κ2) is 4.01. The fraction of sp³-hybridized carbons (Fsp3) is 0.500. The van der Waals surface area contributed by atoms with Crippen molar-refractivity contribution in [1.82, 2.24) is 4.42 Å². The van der Waals surface area contributed by atoms with E-state index < -0.39 is 11.8 Å². The molecule has 0 bridgehead atoms. The third-order valence-electron chi connectivity index (χ3n) is 3.47. The summed E-state index contributed by atoms with van der Waals surface area (Å²) in [5.41, 5.74) is 0.0373. The molecule has 0 radical (unpaired) electrons. The van der Waals surface area contributed by atoms with Gasteiger partial charge in [-0.3, -0.25) is 0 Å². The molecule has 1 saturated heterocycles. The summed E-state index contributed by atoms with van der Waals surface area (Å²) in [6.45, 7) is 1.26. The molecule has 5 heteroatoms. The van der Waals surface area contributed by atoms with Crippen LogP contribution in [0.3, 0.4) is 0 Å². The summed E-state index contributed by atoms with van der Waals surface area (Å²) >= 11 is 12.0. The number of nitrogens with zero attached hydrogens (tertiary/aromatic N) is 1. The monoisotopic (exact) mass is 275 g/mol. The van der Waals surface area contributed by atoms with Gasteiger partial charge in [-0.25, -0.2) is 8.81 Å². The predicted octanol–water partition coefficient (Wildman–Crippen LogP) is 3.73. The van der Waals surface area contributed by atoms with E-state index in [0.717, 1.165) is 6.42 Å². The van der Waals surface area contributed by atoms with Crippen molar-refractivity contribution in [3.63, 3.8) is 0 Å². The Morgan fingerprint density at radius 2 is 2.29 bits per heavy atom. The summed E-state index contributed by atoms with van der Waals surface area (Å²) < 4.78 is 21.8. The Balaban J connectivity index is 2.00. The van der Waals surface area contributed by atoms with Gasteiger partial charge < -0.3 is 4.74 Å². The Hall–Kier alpha value is -0.510. The van der Waals surface area contributed by atoms with Crippen LogP contribution in [0.1, 0.15) is 24.6 Å². The van der Waals surface area contributed by atoms with Gasteiger partial charge in [0.05, 0.1) is 11.6 Å². The van der Waals surface area contributed by atoms with Gasteiger partial charge in [0.15, 0.2) is 0 Å². The van der Waals surface area contributed by atoms with E-state index in [0.29, 0.717) is 35.8 Å². The van der Waals surface area contributed by atoms with E-state index in [2.05, 4.69) is 0 Å². The number of rotatable bonds is 0. The van der Waals surface area contributed by atoms with Gasteiger partial charge in [0, 0.05) is 24.9 Å². The van der Waals surface area contributed by atoms with Crippen LogP contribution in [0.5, 0.6) is 5.75 Å². The molecule has 92 valence electrons. The zero-order chi connectivity index (χ0) is 12.0. The second-order valence-electron chi connectivity index (χ2n) is 4.71. The normalized spacial score (nSPS) is 32.5. The fourth-order valence-corrected chi connectivity index (χ4v) is 3.14. The number of halogens is 3. The largest absolute Gasteiger partial charge is 0.484 e. The SMILES string of the molecule is FC1CC2(CCN(Cl)C2)Oc2c(Cl)cccc21. The van der Waals surface area contributed by atoms with E-state index in [1.54, 1.807) is 22.6 Å². The molecule has 1 aromatic carbocycles. The maximum atomic E-state index is 14.2. The minimum atomic E-state index is -1.03. The maximum Gasteiger partial charge on any atom is 0.144 e. The summed E-state index contributed by atoms with van der Waals surface area (Å²) in [6.07, 6.45) is 0.0612. The molecule has 0 amide bonds. The lowest BCUT2D eigenvalue weighted by Crippen LogP contribution is -2.42. The molecule has 3 rings (SSSR count). The van der Waals surface area contributed by atoms with Gasteiger partial charge in [-0.2, -0.15) is 0 Å². The van der Waals surface area contributed by atoms with Gasteiger partial charge in [-0.05, 0) is 17.8 Å². The standard InChI is InChI=1S/C12H12Cl2FNO/c13-9-3-1-2-8-10(15)6-12(17-11(8)9)4-5-16(14)7-12/h1-3,10H,4-7H2. The van der Waals surface area contributed by atoms with Crippen molar-refractivity contribution in [2.45, 2.75) is 24.6 Å². The highest BCUT2D eigenvalue weighted by atomic mass is 35.5. The first-order valence-electron chi connectivity index (χ1n) is 5.62. The third kappa shape index (κ3) is 1.90. The zero-order valence-electron chi connectivity index (χ0n) is 9.13. The smallest absolute Gasteiger partial charge is 0.144 e. The van der Waals surface area contributed by atoms with Crippen LogP contribution in [-0.2, 0) is 0 Å².